The van der Waals surface area contributed by atoms with Crippen molar-refractivity contribution in [3.63, 3.8) is 0 Å². The van der Waals surface area contributed by atoms with Gasteiger partial charge in [0.05, 0.1) is 5.69 Å². The van der Waals surface area contributed by atoms with Gasteiger partial charge in [0.1, 0.15) is 11.4 Å². The Morgan fingerprint density at radius 2 is 1.67 bits per heavy atom. The quantitative estimate of drug-likeness (QED) is 0.633. The molecule has 2 aromatic rings. The van der Waals surface area contributed by atoms with E-state index in [0.29, 0.717) is 37.4 Å². The van der Waals surface area contributed by atoms with Crippen LogP contribution in [0.3, 0.4) is 0 Å². The predicted octanol–water partition coefficient (Wildman–Crippen LogP) is 0.968. The average molecular weight is 326 g/mol. The highest BCUT2D eigenvalue weighted by Gasteiger charge is 2.26. The van der Waals surface area contributed by atoms with Crippen molar-refractivity contribution in [1.82, 2.24) is 14.8 Å². The second kappa shape index (κ2) is 6.57. The van der Waals surface area contributed by atoms with Crippen LogP contribution in [-0.2, 0) is 0 Å². The van der Waals surface area contributed by atoms with Gasteiger partial charge in [-0.3, -0.25) is 14.6 Å². The van der Waals surface area contributed by atoms with Crippen LogP contribution in [0.15, 0.2) is 42.6 Å². The zero-order valence-electron chi connectivity index (χ0n) is 13.1. The van der Waals surface area contributed by atoms with E-state index in [2.05, 4.69) is 4.98 Å². The molecule has 1 aliphatic heterocycles. The molecule has 0 unspecified atom stereocenters. The Morgan fingerprint density at radius 3 is 2.25 bits per heavy atom. The minimum absolute atomic E-state index is 0.107. The lowest BCUT2D eigenvalue weighted by Crippen LogP contribution is -2.50. The van der Waals surface area contributed by atoms with Crippen LogP contribution in [0.1, 0.15) is 20.8 Å². The molecule has 7 heteroatoms. The first-order chi connectivity index (χ1) is 11.6. The maximum Gasteiger partial charge on any atom is 0.272 e. The largest absolute Gasteiger partial charge is 0.506 e. The monoisotopic (exact) mass is 326 g/mol. The number of amides is 2. The average Bonchev–Trinajstić information content (AvgIpc) is 2.63. The van der Waals surface area contributed by atoms with Gasteiger partial charge in [-0.1, -0.05) is 6.07 Å². The van der Waals surface area contributed by atoms with E-state index in [1.165, 1.54) is 12.1 Å². The minimum Gasteiger partial charge on any atom is -0.506 e. The van der Waals surface area contributed by atoms with Gasteiger partial charge in [-0.05, 0) is 30.3 Å². The van der Waals surface area contributed by atoms with E-state index in [4.69, 9.17) is 5.73 Å². The molecule has 3 rings (SSSR count). The summed E-state index contributed by atoms with van der Waals surface area (Å²) < 4.78 is 0. The highest BCUT2D eigenvalue weighted by atomic mass is 16.3. The highest BCUT2D eigenvalue weighted by molar-refractivity contribution is 5.96. The molecule has 1 aromatic heterocycles. The number of nitrogen functional groups attached to an aromatic ring is 1. The van der Waals surface area contributed by atoms with Gasteiger partial charge in [-0.25, -0.2) is 0 Å². The predicted molar refractivity (Wildman–Crippen MR) is 88.6 cm³/mol. The van der Waals surface area contributed by atoms with E-state index in [1.54, 1.807) is 40.3 Å². The van der Waals surface area contributed by atoms with Crippen LogP contribution in [0.25, 0.3) is 0 Å². The third kappa shape index (κ3) is 3.15. The first kappa shape index (κ1) is 15.8. The number of phenols is 1. The lowest BCUT2D eigenvalue weighted by atomic mass is 10.1. The second-order valence-electron chi connectivity index (χ2n) is 5.57. The smallest absolute Gasteiger partial charge is 0.272 e. The molecule has 0 atom stereocenters. The summed E-state index contributed by atoms with van der Waals surface area (Å²) in [5.74, 6) is -0.423. The summed E-state index contributed by atoms with van der Waals surface area (Å²) in [7, 11) is 0. The Bertz CT molecular complexity index is 756. The number of rotatable bonds is 2. The molecule has 0 spiro atoms. The standard InChI is InChI=1S/C17H18N4O3/c18-13-5-4-12(11-15(13)22)16(23)20-7-9-21(10-8-20)17(24)14-3-1-2-6-19-14/h1-6,11,22H,7-10,18H2. The number of pyridine rings is 1. The molecule has 7 nitrogen and oxygen atoms in total. The van der Waals surface area contributed by atoms with Gasteiger partial charge in [0.15, 0.2) is 0 Å². The molecular weight excluding hydrogens is 308 g/mol. The number of carbonyl (C=O) groups excluding carboxylic acids is 2. The molecule has 1 aliphatic rings. The highest BCUT2D eigenvalue weighted by Crippen LogP contribution is 2.22. The van der Waals surface area contributed by atoms with Crippen LogP contribution in [-0.4, -0.2) is 57.9 Å². The third-order valence-corrected chi connectivity index (χ3v) is 4.02. The molecule has 0 aliphatic carbocycles. The number of nitrogens with zero attached hydrogens (tertiary/aromatic N) is 3. The molecule has 0 bridgehead atoms. The van der Waals surface area contributed by atoms with Crippen molar-refractivity contribution in [2.24, 2.45) is 0 Å². The van der Waals surface area contributed by atoms with E-state index in [1.807, 2.05) is 0 Å². The Kier molecular flexibility index (Phi) is 4.33. The number of aromatic nitrogens is 1. The number of piperazine rings is 1. The molecule has 0 radical (unpaired) electrons. The van der Waals surface area contributed by atoms with E-state index in [0.717, 1.165) is 0 Å². The molecule has 2 amide bonds. The fourth-order valence-electron chi connectivity index (χ4n) is 2.62. The van der Waals surface area contributed by atoms with Gasteiger partial charge in [0.25, 0.3) is 11.8 Å². The number of benzene rings is 1. The van der Waals surface area contributed by atoms with Crippen molar-refractivity contribution in [1.29, 1.82) is 0 Å². The Labute approximate surface area is 139 Å². The van der Waals surface area contributed by atoms with Crippen molar-refractivity contribution < 1.29 is 14.7 Å². The van der Waals surface area contributed by atoms with Gasteiger partial charge >= 0.3 is 0 Å². The van der Waals surface area contributed by atoms with Crippen molar-refractivity contribution in [2.75, 3.05) is 31.9 Å². The molecule has 1 saturated heterocycles. The van der Waals surface area contributed by atoms with Crippen LogP contribution in [0.2, 0.25) is 0 Å². The van der Waals surface area contributed by atoms with Gasteiger partial charge in [0, 0.05) is 37.9 Å². The molecule has 24 heavy (non-hydrogen) atoms. The molecule has 124 valence electrons. The van der Waals surface area contributed by atoms with Crippen molar-refractivity contribution in [3.8, 4) is 5.75 Å². The van der Waals surface area contributed by atoms with Crippen molar-refractivity contribution >= 4 is 17.5 Å². The van der Waals surface area contributed by atoms with Gasteiger partial charge in [-0.15, -0.1) is 0 Å². The Hall–Kier alpha value is -3.09. The summed E-state index contributed by atoms with van der Waals surface area (Å²) >= 11 is 0. The number of nitrogens with two attached hydrogens (primary N) is 1. The summed E-state index contributed by atoms with van der Waals surface area (Å²) in [5.41, 5.74) is 6.57. The van der Waals surface area contributed by atoms with E-state index >= 15 is 0 Å². The Morgan fingerprint density at radius 1 is 1.00 bits per heavy atom. The summed E-state index contributed by atoms with van der Waals surface area (Å²) in [4.78, 5) is 32.2. The third-order valence-electron chi connectivity index (χ3n) is 4.02. The van der Waals surface area contributed by atoms with Gasteiger partial charge in [0.2, 0.25) is 0 Å². The topological polar surface area (TPSA) is 99.8 Å². The second-order valence-corrected chi connectivity index (χ2v) is 5.57. The fourth-order valence-corrected chi connectivity index (χ4v) is 2.62. The van der Waals surface area contributed by atoms with Gasteiger partial charge in [-0.2, -0.15) is 0 Å². The molecule has 1 aromatic carbocycles. The van der Waals surface area contributed by atoms with Crippen LogP contribution in [0, 0.1) is 0 Å². The SMILES string of the molecule is Nc1ccc(C(=O)N2CCN(C(=O)c3ccccn3)CC2)cc1O. The Balaban J connectivity index is 1.63. The van der Waals surface area contributed by atoms with E-state index < -0.39 is 0 Å². The van der Waals surface area contributed by atoms with Crippen molar-refractivity contribution in [3.05, 3.63) is 53.9 Å². The van der Waals surface area contributed by atoms with E-state index in [9.17, 15) is 14.7 Å². The lowest BCUT2D eigenvalue weighted by molar-refractivity contribution is 0.0532. The number of carbonyl (C=O) groups is 2. The lowest BCUT2D eigenvalue weighted by Gasteiger charge is -2.34. The van der Waals surface area contributed by atoms with Crippen LogP contribution in [0.5, 0.6) is 5.75 Å². The number of aromatic hydroxyl groups is 1. The molecular formula is C17H18N4O3. The zero-order chi connectivity index (χ0) is 17.1. The molecule has 3 N–H and O–H groups in total. The van der Waals surface area contributed by atoms with E-state index in [-0.39, 0.29) is 23.3 Å². The number of anilines is 1. The molecule has 0 saturated carbocycles. The number of hydrogen-bond donors (Lipinski definition) is 2. The maximum atomic E-state index is 12.5. The molecule has 2 heterocycles. The fraction of sp³-hybridized carbons (Fsp3) is 0.235. The maximum absolute atomic E-state index is 12.5. The van der Waals surface area contributed by atoms with Crippen LogP contribution >= 0.6 is 0 Å². The summed E-state index contributed by atoms with van der Waals surface area (Å²) in [6.45, 7) is 1.76. The molecule has 1 fully saturated rings. The van der Waals surface area contributed by atoms with Gasteiger partial charge < -0.3 is 20.6 Å². The zero-order valence-corrected chi connectivity index (χ0v) is 13.1. The number of hydrogen-bond acceptors (Lipinski definition) is 5. The summed E-state index contributed by atoms with van der Waals surface area (Å²) in [5, 5.41) is 9.63. The normalized spacial score (nSPS) is 14.5. The van der Waals surface area contributed by atoms with Crippen LogP contribution in [0.4, 0.5) is 5.69 Å². The summed E-state index contributed by atoms with van der Waals surface area (Å²) in [6, 6.07) is 9.66. The summed E-state index contributed by atoms with van der Waals surface area (Å²) in [6.07, 6.45) is 1.58. The first-order valence-corrected chi connectivity index (χ1v) is 7.64. The van der Waals surface area contributed by atoms with Crippen molar-refractivity contribution in [2.45, 2.75) is 0 Å². The van der Waals surface area contributed by atoms with Crippen LogP contribution < -0.4 is 5.73 Å². The first-order valence-electron chi connectivity index (χ1n) is 7.64. The minimum atomic E-state index is -0.185. The number of phenolic OH excluding ortho intramolecular Hbond substituents is 1.